The summed E-state index contributed by atoms with van der Waals surface area (Å²) in [5.74, 6) is 0. The van der Waals surface area contributed by atoms with E-state index in [0.29, 0.717) is 0 Å². The molecule has 2 nitrogen and oxygen atoms in total. The summed E-state index contributed by atoms with van der Waals surface area (Å²) in [6, 6.07) is 185. The van der Waals surface area contributed by atoms with Crippen LogP contribution in [0.15, 0.2) is 497 Å². The number of fused-ring (bicyclic) bond motifs is 20. The second kappa shape index (κ2) is 34.5. The maximum absolute atomic E-state index is 2.48. The van der Waals surface area contributed by atoms with Crippen molar-refractivity contribution in [2.45, 2.75) is 27.7 Å². The van der Waals surface area contributed by atoms with E-state index in [1.54, 1.807) is 0 Å². The van der Waals surface area contributed by atoms with E-state index in [9.17, 15) is 0 Å². The molecule has 0 N–H and O–H groups in total. The highest BCUT2D eigenvalue weighted by Crippen LogP contribution is 2.55. The normalized spacial score (nSPS) is 11.6. The fourth-order valence-electron chi connectivity index (χ4n) is 22.6. The Kier molecular flexibility index (Phi) is 20.6. The number of benzene rings is 26. The van der Waals surface area contributed by atoms with E-state index in [1.165, 1.54) is 241 Å². The fraction of sp³-hybridized carbons (Fsp3) is 0.0294. The van der Waals surface area contributed by atoms with Gasteiger partial charge in [-0.2, -0.15) is 0 Å². The van der Waals surface area contributed by atoms with Crippen LogP contribution in [0.25, 0.3) is 218 Å². The van der Waals surface area contributed by atoms with E-state index in [0.717, 1.165) is 34.1 Å². The van der Waals surface area contributed by atoms with Crippen molar-refractivity contribution in [1.82, 2.24) is 0 Å². The molecule has 0 atom stereocenters. The Morgan fingerprint density at radius 3 is 0.768 bits per heavy atom. The molecule has 0 heterocycles. The molecule has 0 radical (unpaired) electrons. The van der Waals surface area contributed by atoms with Crippen molar-refractivity contribution >= 4 is 163 Å². The van der Waals surface area contributed by atoms with Gasteiger partial charge in [0.2, 0.25) is 0 Å². The summed E-state index contributed by atoms with van der Waals surface area (Å²) in [5, 5.41) is 29.8. The molecule has 0 aromatic heterocycles. The van der Waals surface area contributed by atoms with Gasteiger partial charge in [-0.3, -0.25) is 0 Å². The SMILES string of the molecule is Cc1cc(C)cc(N(c2cc(C)cc(C)c2)c2ccc3c(c2)c2ccccc2c2c(-c4ccccc4)cc(-c4ccc(-c5cc6ccccc6c6ccccc56)cc4)c(-c4ccccc4)c32)c1.c1ccc(-c2cc(-c3ccc(-c4cc5ccccc5c5ccccc45)cc3)c(-c3ccccc3)c3c4ccc(N(c5cccc6ccccc56)c5cccc6ccccc56)cc4c4ccccc4c23)cc1. The molecule has 0 amide bonds. The van der Waals surface area contributed by atoms with Crippen LogP contribution in [0.4, 0.5) is 34.1 Å². The van der Waals surface area contributed by atoms with Crippen LogP contribution in [-0.4, -0.2) is 0 Å². The minimum Gasteiger partial charge on any atom is -0.310 e. The third-order valence-electron chi connectivity index (χ3n) is 28.5. The molecule has 648 valence electrons. The van der Waals surface area contributed by atoms with Gasteiger partial charge in [-0.25, -0.2) is 0 Å². The van der Waals surface area contributed by atoms with Crippen LogP contribution in [0.2, 0.25) is 0 Å². The zero-order chi connectivity index (χ0) is 92.0. The Bertz CT molecular complexity index is 9160. The minimum atomic E-state index is 1.10. The van der Waals surface area contributed by atoms with Crippen LogP contribution < -0.4 is 9.80 Å². The first kappa shape index (κ1) is 82.4. The Morgan fingerprint density at radius 1 is 0.130 bits per heavy atom. The number of nitrogens with zero attached hydrogens (tertiary/aromatic N) is 2. The van der Waals surface area contributed by atoms with Gasteiger partial charge in [-0.15, -0.1) is 0 Å². The highest BCUT2D eigenvalue weighted by atomic mass is 15.1. The van der Waals surface area contributed by atoms with Crippen LogP contribution in [0, 0.1) is 27.7 Å². The van der Waals surface area contributed by atoms with Crippen molar-refractivity contribution < 1.29 is 0 Å². The van der Waals surface area contributed by atoms with E-state index in [-0.39, 0.29) is 0 Å². The Labute approximate surface area is 803 Å². The molecule has 0 saturated heterocycles. The maximum Gasteiger partial charge on any atom is 0.0540 e. The molecule has 26 aromatic rings. The van der Waals surface area contributed by atoms with Crippen LogP contribution >= 0.6 is 0 Å². The largest absolute Gasteiger partial charge is 0.310 e. The lowest BCUT2D eigenvalue weighted by Crippen LogP contribution is -2.11. The van der Waals surface area contributed by atoms with Crippen molar-refractivity contribution in [2.75, 3.05) is 9.80 Å². The average molecular weight is 1760 g/mol. The molecule has 26 aromatic carbocycles. The summed E-state index contributed by atoms with van der Waals surface area (Å²) in [7, 11) is 0. The van der Waals surface area contributed by atoms with Crippen molar-refractivity contribution in [3.05, 3.63) is 520 Å². The fourth-order valence-corrected chi connectivity index (χ4v) is 22.6. The molecule has 26 rings (SSSR count). The molecule has 0 saturated carbocycles. The van der Waals surface area contributed by atoms with E-state index >= 15 is 0 Å². The van der Waals surface area contributed by atoms with Gasteiger partial charge < -0.3 is 9.80 Å². The van der Waals surface area contributed by atoms with Gasteiger partial charge in [0.05, 0.1) is 11.4 Å². The van der Waals surface area contributed by atoms with Crippen molar-refractivity contribution in [2.24, 2.45) is 0 Å². The van der Waals surface area contributed by atoms with Gasteiger partial charge in [0, 0.05) is 33.5 Å². The molecular weight excluding hydrogens is 1660 g/mol. The topological polar surface area (TPSA) is 6.48 Å². The first-order chi connectivity index (χ1) is 68.1. The molecule has 138 heavy (non-hydrogen) atoms. The highest BCUT2D eigenvalue weighted by molar-refractivity contribution is 6.35. The van der Waals surface area contributed by atoms with Gasteiger partial charge >= 0.3 is 0 Å². The maximum atomic E-state index is 2.48. The first-order valence-corrected chi connectivity index (χ1v) is 48.0. The second-order valence-electron chi connectivity index (χ2n) is 37.1. The van der Waals surface area contributed by atoms with Crippen LogP contribution in [-0.2, 0) is 0 Å². The third-order valence-corrected chi connectivity index (χ3v) is 28.5. The molecule has 0 bridgehead atoms. The number of aryl methyl sites for hydroxylation is 4. The zero-order valence-corrected chi connectivity index (χ0v) is 77.2. The molecule has 2 heteroatoms. The molecular formula is C136H94N2. The smallest absolute Gasteiger partial charge is 0.0540 e. The molecule has 0 aliphatic heterocycles. The van der Waals surface area contributed by atoms with E-state index in [2.05, 4.69) is 535 Å². The van der Waals surface area contributed by atoms with Crippen LogP contribution in [0.5, 0.6) is 0 Å². The van der Waals surface area contributed by atoms with Crippen LogP contribution in [0.1, 0.15) is 22.3 Å². The number of rotatable bonds is 14. The number of hydrogen-bond acceptors (Lipinski definition) is 2. The predicted molar refractivity (Wildman–Crippen MR) is 595 cm³/mol. The summed E-state index contributed by atoms with van der Waals surface area (Å²) in [6.07, 6.45) is 0. The first-order valence-electron chi connectivity index (χ1n) is 48.0. The van der Waals surface area contributed by atoms with Gasteiger partial charge in [0.15, 0.2) is 0 Å². The number of anilines is 6. The van der Waals surface area contributed by atoms with Gasteiger partial charge in [0.25, 0.3) is 0 Å². The predicted octanol–water partition coefficient (Wildman–Crippen LogP) is 38.7. The monoisotopic (exact) mass is 1750 g/mol. The lowest BCUT2D eigenvalue weighted by molar-refractivity contribution is 1.24. The van der Waals surface area contributed by atoms with E-state index in [4.69, 9.17) is 0 Å². The van der Waals surface area contributed by atoms with Gasteiger partial charge in [-0.1, -0.05) is 413 Å². The van der Waals surface area contributed by atoms with E-state index < -0.39 is 0 Å². The molecule has 0 fully saturated rings. The quantitative estimate of drug-likeness (QED) is 0.100. The van der Waals surface area contributed by atoms with Gasteiger partial charge in [0.1, 0.15) is 0 Å². The summed E-state index contributed by atoms with van der Waals surface area (Å²) >= 11 is 0. The number of hydrogen-bond donors (Lipinski definition) is 0. The lowest BCUT2D eigenvalue weighted by Gasteiger charge is -2.29. The summed E-state index contributed by atoms with van der Waals surface area (Å²) in [5.41, 5.74) is 31.2. The van der Waals surface area contributed by atoms with Crippen molar-refractivity contribution in [3.8, 4) is 89.0 Å². The summed E-state index contributed by atoms with van der Waals surface area (Å²) in [4.78, 5) is 4.93. The lowest BCUT2D eigenvalue weighted by atomic mass is 9.81. The van der Waals surface area contributed by atoms with Crippen molar-refractivity contribution in [3.63, 3.8) is 0 Å². The Balaban J connectivity index is 0.000000147. The third kappa shape index (κ3) is 14.4. The minimum absolute atomic E-state index is 1.10. The zero-order valence-electron chi connectivity index (χ0n) is 77.2. The second-order valence-corrected chi connectivity index (χ2v) is 37.1. The van der Waals surface area contributed by atoms with E-state index in [1.807, 2.05) is 0 Å². The van der Waals surface area contributed by atoms with Crippen LogP contribution in [0.3, 0.4) is 0 Å². The molecule has 0 spiro atoms. The average Bonchev–Trinajstić information content (AvgIpc) is 0.708. The molecule has 0 aliphatic carbocycles. The Hall–Kier alpha value is -17.6. The van der Waals surface area contributed by atoms with Crippen molar-refractivity contribution in [1.29, 1.82) is 0 Å². The molecule has 0 unspecified atom stereocenters. The Morgan fingerprint density at radius 2 is 0.399 bits per heavy atom. The molecule has 0 aliphatic rings. The highest BCUT2D eigenvalue weighted by Gasteiger charge is 2.28. The summed E-state index contributed by atoms with van der Waals surface area (Å²) < 4.78 is 0. The summed E-state index contributed by atoms with van der Waals surface area (Å²) in [6.45, 7) is 8.79. The standard InChI is InChI=1S/C70H45N.C66H49N/c1-3-19-48(20-4-1)64-45-63(50-39-37-49(38-40-50)62-43-52-25-9-10-28-54(52)57-31-13-14-32-58(57)62)68(51-23-5-2-6-24-51)70-61-42-41-53(44-65(61)59-33-15-16-34-60(59)69(64)70)71(66-35-17-26-46-21-7-11-29-55(46)66)67-36-18-27-47-22-8-12-30-56(47)67;1-42-33-43(2)36-52(35-42)67(53-37-44(3)34-45(4)38-53)51-31-32-59-63(40-51)57-25-15-16-26-58(57)65-62(46-17-7-5-8-18-46)41-61(64(66(59)65)49-19-9-6-10-20-49)48-29-27-47(28-30-48)60-39-50-21-11-12-22-54(50)55-23-13-14-24-56(55)60/h1-45H;5-41H,1-4H3. The van der Waals surface area contributed by atoms with Gasteiger partial charge in [-0.05, 0) is 342 Å².